The molecule has 8 heteroatoms. The fourth-order valence-corrected chi connectivity index (χ4v) is 4.49. The summed E-state index contributed by atoms with van der Waals surface area (Å²) in [6, 6.07) is 13.1. The number of para-hydroxylation sites is 1. The van der Waals surface area contributed by atoms with E-state index in [2.05, 4.69) is 10.6 Å². The fourth-order valence-electron chi connectivity index (χ4n) is 4.17. The van der Waals surface area contributed by atoms with Crippen molar-refractivity contribution in [1.29, 1.82) is 0 Å². The Bertz CT molecular complexity index is 1200. The Balaban J connectivity index is 1.58. The van der Waals surface area contributed by atoms with Gasteiger partial charge in [-0.3, -0.25) is 9.59 Å². The number of piperazine rings is 1. The van der Waals surface area contributed by atoms with Crippen molar-refractivity contribution in [3.63, 3.8) is 0 Å². The summed E-state index contributed by atoms with van der Waals surface area (Å²) in [5, 5.41) is 8.17. The number of hydrogen-bond donors (Lipinski definition) is 2. The molecule has 2 N–H and O–H groups in total. The van der Waals surface area contributed by atoms with Crippen LogP contribution in [0, 0.1) is 0 Å². The number of aromatic nitrogens is 1. The number of amides is 1. The van der Waals surface area contributed by atoms with Crippen molar-refractivity contribution in [1.82, 2.24) is 15.2 Å². The molecule has 32 heavy (non-hydrogen) atoms. The number of anilines is 1. The summed E-state index contributed by atoms with van der Waals surface area (Å²) < 4.78 is 1.63. The third kappa shape index (κ3) is 4.63. The van der Waals surface area contributed by atoms with Crippen molar-refractivity contribution >= 4 is 45.7 Å². The molecule has 0 spiro atoms. The highest BCUT2D eigenvalue weighted by atomic mass is 35.5. The maximum absolute atomic E-state index is 13.4. The first-order valence-electron chi connectivity index (χ1n) is 10.8. The molecule has 0 atom stereocenters. The van der Waals surface area contributed by atoms with Gasteiger partial charge in [0.2, 0.25) is 0 Å². The number of pyridine rings is 1. The molecule has 1 amide bonds. The molecular formula is C24H26Cl2N4O2. The Morgan fingerprint density at radius 1 is 1.09 bits per heavy atom. The zero-order chi connectivity index (χ0) is 22.7. The number of carbonyl (C=O) groups excluding carboxylic acids is 1. The molecule has 1 aromatic heterocycles. The van der Waals surface area contributed by atoms with Gasteiger partial charge in [-0.1, -0.05) is 47.5 Å². The molecular weight excluding hydrogens is 447 g/mol. The van der Waals surface area contributed by atoms with Crippen molar-refractivity contribution in [2.24, 2.45) is 7.05 Å². The number of aryl methyl sites for hydroxylation is 2. The molecule has 4 rings (SSSR count). The van der Waals surface area contributed by atoms with Crippen LogP contribution < -0.4 is 21.1 Å². The van der Waals surface area contributed by atoms with Crippen molar-refractivity contribution in [3.05, 3.63) is 74.0 Å². The molecule has 2 heterocycles. The predicted molar refractivity (Wildman–Crippen MR) is 131 cm³/mol. The first-order chi connectivity index (χ1) is 15.5. The van der Waals surface area contributed by atoms with E-state index in [4.69, 9.17) is 23.2 Å². The van der Waals surface area contributed by atoms with Gasteiger partial charge in [0.25, 0.3) is 11.5 Å². The lowest BCUT2D eigenvalue weighted by molar-refractivity contribution is 0.0955. The van der Waals surface area contributed by atoms with Gasteiger partial charge in [0.15, 0.2) is 0 Å². The minimum absolute atomic E-state index is 0.147. The maximum Gasteiger partial charge on any atom is 0.275 e. The SMILES string of the molecule is Cn1c(=O)c(N2CCNCC2)c(C(=O)NCCCc2ccc(Cl)c(Cl)c2)c2ccccc21. The van der Waals surface area contributed by atoms with Gasteiger partial charge < -0.3 is 20.1 Å². The quantitative estimate of drug-likeness (QED) is 0.537. The summed E-state index contributed by atoms with van der Waals surface area (Å²) in [6.45, 7) is 3.42. The molecule has 2 aromatic carbocycles. The molecule has 1 aliphatic rings. The van der Waals surface area contributed by atoms with Crippen LogP contribution in [0.4, 0.5) is 5.69 Å². The first-order valence-corrected chi connectivity index (χ1v) is 11.5. The van der Waals surface area contributed by atoms with Crippen molar-refractivity contribution in [3.8, 4) is 0 Å². The number of rotatable bonds is 6. The zero-order valence-corrected chi connectivity index (χ0v) is 19.5. The van der Waals surface area contributed by atoms with Crippen LogP contribution in [0.15, 0.2) is 47.3 Å². The van der Waals surface area contributed by atoms with E-state index in [1.54, 1.807) is 17.7 Å². The van der Waals surface area contributed by atoms with Gasteiger partial charge in [-0.05, 0) is 36.6 Å². The topological polar surface area (TPSA) is 66.4 Å². The van der Waals surface area contributed by atoms with Crippen LogP contribution >= 0.6 is 23.2 Å². The molecule has 1 saturated heterocycles. The van der Waals surface area contributed by atoms with Gasteiger partial charge in [-0.25, -0.2) is 0 Å². The molecule has 0 aliphatic carbocycles. The molecule has 1 aliphatic heterocycles. The average molecular weight is 473 g/mol. The van der Waals surface area contributed by atoms with E-state index < -0.39 is 0 Å². The third-order valence-electron chi connectivity index (χ3n) is 5.85. The average Bonchev–Trinajstić information content (AvgIpc) is 2.81. The largest absolute Gasteiger partial charge is 0.364 e. The lowest BCUT2D eigenvalue weighted by Gasteiger charge is -2.31. The minimum atomic E-state index is -0.221. The summed E-state index contributed by atoms with van der Waals surface area (Å²) in [4.78, 5) is 28.7. The number of hydrogen-bond acceptors (Lipinski definition) is 4. The highest BCUT2D eigenvalue weighted by Gasteiger charge is 2.25. The summed E-state index contributed by atoms with van der Waals surface area (Å²) in [5.74, 6) is -0.221. The van der Waals surface area contributed by atoms with E-state index in [1.807, 2.05) is 41.3 Å². The number of carbonyl (C=O) groups is 1. The van der Waals surface area contributed by atoms with Crippen molar-refractivity contribution in [2.45, 2.75) is 12.8 Å². The molecule has 6 nitrogen and oxygen atoms in total. The van der Waals surface area contributed by atoms with Gasteiger partial charge in [-0.2, -0.15) is 0 Å². The summed E-state index contributed by atoms with van der Waals surface area (Å²) in [5.41, 5.74) is 2.60. The van der Waals surface area contributed by atoms with Crippen LogP contribution in [0.25, 0.3) is 10.9 Å². The van der Waals surface area contributed by atoms with Crippen LogP contribution in [0.2, 0.25) is 10.0 Å². The highest BCUT2D eigenvalue weighted by Crippen LogP contribution is 2.26. The monoisotopic (exact) mass is 472 g/mol. The summed E-state index contributed by atoms with van der Waals surface area (Å²) in [7, 11) is 1.76. The van der Waals surface area contributed by atoms with Gasteiger partial charge in [0.1, 0.15) is 5.69 Å². The Kier molecular flexibility index (Phi) is 7.04. The van der Waals surface area contributed by atoms with Crippen LogP contribution in [0.5, 0.6) is 0 Å². The van der Waals surface area contributed by atoms with Gasteiger partial charge in [-0.15, -0.1) is 0 Å². The Morgan fingerprint density at radius 2 is 1.84 bits per heavy atom. The Morgan fingerprint density at radius 3 is 2.59 bits per heavy atom. The standard InChI is InChI=1S/C24H26Cl2N4O2/c1-29-20-7-3-2-6-17(20)21(22(24(29)32)30-13-11-27-12-14-30)23(31)28-10-4-5-16-8-9-18(25)19(26)15-16/h2-3,6-9,15,27H,4-5,10-14H2,1H3,(H,28,31). The van der Waals surface area contributed by atoms with E-state index in [0.717, 1.165) is 42.4 Å². The van der Waals surface area contributed by atoms with Crippen LogP contribution in [-0.2, 0) is 13.5 Å². The maximum atomic E-state index is 13.4. The molecule has 0 radical (unpaired) electrons. The van der Waals surface area contributed by atoms with Crippen molar-refractivity contribution < 1.29 is 4.79 Å². The molecule has 0 unspecified atom stereocenters. The Hall–Kier alpha value is -2.54. The predicted octanol–water partition coefficient (Wildman–Crippen LogP) is 3.62. The van der Waals surface area contributed by atoms with E-state index in [0.29, 0.717) is 40.9 Å². The van der Waals surface area contributed by atoms with Gasteiger partial charge >= 0.3 is 0 Å². The number of fused-ring (bicyclic) bond motifs is 1. The van der Waals surface area contributed by atoms with Crippen LogP contribution in [0.1, 0.15) is 22.3 Å². The molecule has 0 bridgehead atoms. The molecule has 168 valence electrons. The van der Waals surface area contributed by atoms with Gasteiger partial charge in [0.05, 0.1) is 21.1 Å². The molecule has 3 aromatic rings. The fraction of sp³-hybridized carbons (Fsp3) is 0.333. The second kappa shape index (κ2) is 9.94. The lowest BCUT2D eigenvalue weighted by atomic mass is 10.0. The molecule has 1 fully saturated rings. The molecule has 0 saturated carbocycles. The summed E-state index contributed by atoms with van der Waals surface area (Å²) in [6.07, 6.45) is 1.51. The number of halogens is 2. The second-order valence-electron chi connectivity index (χ2n) is 7.95. The van der Waals surface area contributed by atoms with E-state index in [9.17, 15) is 9.59 Å². The van der Waals surface area contributed by atoms with Crippen LogP contribution in [-0.4, -0.2) is 43.2 Å². The van der Waals surface area contributed by atoms with E-state index in [1.165, 1.54) is 0 Å². The Labute approximate surface area is 197 Å². The number of benzene rings is 2. The normalized spacial score (nSPS) is 14.0. The van der Waals surface area contributed by atoms with E-state index in [-0.39, 0.29) is 11.5 Å². The number of nitrogens with zero attached hydrogens (tertiary/aromatic N) is 2. The smallest absolute Gasteiger partial charge is 0.275 e. The zero-order valence-electron chi connectivity index (χ0n) is 18.0. The third-order valence-corrected chi connectivity index (χ3v) is 6.59. The van der Waals surface area contributed by atoms with Crippen molar-refractivity contribution in [2.75, 3.05) is 37.6 Å². The second-order valence-corrected chi connectivity index (χ2v) is 8.76. The lowest BCUT2D eigenvalue weighted by Crippen LogP contribution is -2.47. The first kappa shape index (κ1) is 22.6. The minimum Gasteiger partial charge on any atom is -0.364 e. The highest BCUT2D eigenvalue weighted by molar-refractivity contribution is 6.42. The van der Waals surface area contributed by atoms with E-state index >= 15 is 0 Å². The van der Waals surface area contributed by atoms with Gasteiger partial charge in [0, 0.05) is 45.2 Å². The summed E-state index contributed by atoms with van der Waals surface area (Å²) >= 11 is 12.1. The number of nitrogens with one attached hydrogen (secondary N) is 2. The van der Waals surface area contributed by atoms with Crippen LogP contribution in [0.3, 0.4) is 0 Å².